The third kappa shape index (κ3) is 3.88. The Hall–Kier alpha value is -1.99. The number of piperidine rings is 1. The van der Waals surface area contributed by atoms with Gasteiger partial charge in [0.25, 0.3) is 0 Å². The Morgan fingerprint density at radius 1 is 1.38 bits per heavy atom. The van der Waals surface area contributed by atoms with E-state index in [1.54, 1.807) is 11.0 Å². The highest BCUT2D eigenvalue weighted by atomic mass is 19.1. The maximum Gasteiger partial charge on any atom is 0.329 e. The van der Waals surface area contributed by atoms with Crippen LogP contribution in [0.4, 0.5) is 10.1 Å². The number of rotatable bonds is 3. The van der Waals surface area contributed by atoms with Gasteiger partial charge in [-0.25, -0.2) is 4.39 Å². The van der Waals surface area contributed by atoms with Gasteiger partial charge in [0.05, 0.1) is 11.5 Å². The Labute approximate surface area is 153 Å². The van der Waals surface area contributed by atoms with Crippen molar-refractivity contribution < 1.29 is 18.8 Å². The van der Waals surface area contributed by atoms with Crippen molar-refractivity contribution >= 4 is 17.6 Å². The first-order valence-electron chi connectivity index (χ1n) is 9.04. The normalized spacial score (nSPS) is 23.8. The highest BCUT2D eigenvalue weighted by molar-refractivity contribution is 5.96. The Bertz CT molecular complexity index is 701. The van der Waals surface area contributed by atoms with Gasteiger partial charge in [0, 0.05) is 18.8 Å². The molecule has 1 N–H and O–H groups in total. The van der Waals surface area contributed by atoms with Gasteiger partial charge in [-0.2, -0.15) is 0 Å². The first-order valence-corrected chi connectivity index (χ1v) is 9.04. The molecule has 1 aromatic rings. The third-order valence-corrected chi connectivity index (χ3v) is 5.09. The number of hydrogen-bond donors (Lipinski definition) is 1. The number of anilines is 1. The molecule has 2 aliphatic rings. The van der Waals surface area contributed by atoms with Crippen LogP contribution in [-0.4, -0.2) is 48.7 Å². The first kappa shape index (κ1) is 18.8. The summed E-state index contributed by atoms with van der Waals surface area (Å²) in [7, 11) is 0. The predicted molar refractivity (Wildman–Crippen MR) is 96.0 cm³/mol. The number of nitrogens with zero attached hydrogens (tertiary/aromatic N) is 2. The van der Waals surface area contributed by atoms with Gasteiger partial charge in [-0.15, -0.1) is 5.06 Å². The number of benzene rings is 1. The third-order valence-electron chi connectivity index (χ3n) is 5.09. The smallest absolute Gasteiger partial charge is 0.329 e. The molecule has 1 atom stereocenters. The number of carbonyl (C=O) groups is 2. The van der Waals surface area contributed by atoms with Crippen LogP contribution in [0.15, 0.2) is 18.2 Å². The molecule has 0 bridgehead atoms. The lowest BCUT2D eigenvalue weighted by Crippen LogP contribution is -2.62. The molecule has 0 spiro atoms. The highest BCUT2D eigenvalue weighted by Crippen LogP contribution is 2.30. The summed E-state index contributed by atoms with van der Waals surface area (Å²) < 4.78 is 13.7. The molecule has 2 fully saturated rings. The SMILES string of the molecule is Cc1ccc(F)cc1N1CC(C)(C)N(OC(=O)C2CCCNC2)CC1=O. The number of nitrogens with one attached hydrogen (secondary N) is 1. The van der Waals surface area contributed by atoms with Crippen LogP contribution in [0.2, 0.25) is 0 Å². The second kappa shape index (κ2) is 7.32. The summed E-state index contributed by atoms with van der Waals surface area (Å²) in [5.74, 6) is -1.07. The van der Waals surface area contributed by atoms with Crippen LogP contribution in [-0.2, 0) is 14.4 Å². The zero-order valence-electron chi connectivity index (χ0n) is 15.5. The fourth-order valence-corrected chi connectivity index (χ4v) is 3.46. The van der Waals surface area contributed by atoms with E-state index in [4.69, 9.17) is 4.84 Å². The van der Waals surface area contributed by atoms with Crippen molar-refractivity contribution in [3.8, 4) is 0 Å². The van der Waals surface area contributed by atoms with Crippen LogP contribution in [0.25, 0.3) is 0 Å². The Balaban J connectivity index is 1.73. The predicted octanol–water partition coefficient (Wildman–Crippen LogP) is 2.02. The lowest BCUT2D eigenvalue weighted by molar-refractivity contribution is -0.223. The van der Waals surface area contributed by atoms with Gasteiger partial charge in [0.15, 0.2) is 0 Å². The highest BCUT2D eigenvalue weighted by Gasteiger charge is 2.42. The number of halogens is 1. The van der Waals surface area contributed by atoms with E-state index in [0.717, 1.165) is 24.9 Å². The van der Waals surface area contributed by atoms with E-state index in [-0.39, 0.29) is 30.2 Å². The topological polar surface area (TPSA) is 61.9 Å². The monoisotopic (exact) mass is 363 g/mol. The van der Waals surface area contributed by atoms with Gasteiger partial charge in [-0.1, -0.05) is 6.07 Å². The Morgan fingerprint density at radius 2 is 2.15 bits per heavy atom. The summed E-state index contributed by atoms with van der Waals surface area (Å²) in [6.07, 6.45) is 1.73. The second-order valence-electron chi connectivity index (χ2n) is 7.71. The molecule has 1 amide bonds. The number of hydrogen-bond acceptors (Lipinski definition) is 5. The van der Waals surface area contributed by atoms with Crippen molar-refractivity contribution in [2.45, 2.75) is 39.2 Å². The van der Waals surface area contributed by atoms with E-state index in [9.17, 15) is 14.0 Å². The fourth-order valence-electron chi connectivity index (χ4n) is 3.46. The summed E-state index contributed by atoms with van der Waals surface area (Å²) >= 11 is 0. The zero-order valence-corrected chi connectivity index (χ0v) is 15.5. The van der Waals surface area contributed by atoms with Crippen LogP contribution < -0.4 is 10.2 Å². The minimum atomic E-state index is -0.579. The van der Waals surface area contributed by atoms with Crippen LogP contribution in [0, 0.1) is 18.7 Å². The van der Waals surface area contributed by atoms with Crippen molar-refractivity contribution in [3.63, 3.8) is 0 Å². The molecular weight excluding hydrogens is 337 g/mol. The summed E-state index contributed by atoms with van der Waals surface area (Å²) in [5.41, 5.74) is 0.810. The van der Waals surface area contributed by atoms with Gasteiger partial charge in [-0.05, 0) is 57.9 Å². The van der Waals surface area contributed by atoms with Gasteiger partial charge in [0.2, 0.25) is 5.91 Å². The van der Waals surface area contributed by atoms with E-state index < -0.39 is 5.54 Å². The molecule has 2 heterocycles. The van der Waals surface area contributed by atoms with Crippen molar-refractivity contribution in [1.29, 1.82) is 0 Å². The molecular formula is C19H26FN3O3. The van der Waals surface area contributed by atoms with Gasteiger partial charge >= 0.3 is 5.97 Å². The van der Waals surface area contributed by atoms with E-state index in [1.165, 1.54) is 17.2 Å². The molecule has 0 saturated carbocycles. The molecule has 2 aliphatic heterocycles. The molecule has 1 unspecified atom stereocenters. The summed E-state index contributed by atoms with van der Waals surface area (Å²) in [6.45, 7) is 7.45. The Kier molecular flexibility index (Phi) is 5.29. The average molecular weight is 363 g/mol. The minimum Gasteiger partial charge on any atom is -0.366 e. The van der Waals surface area contributed by atoms with Gasteiger partial charge in [0.1, 0.15) is 12.4 Å². The first-order chi connectivity index (χ1) is 12.3. The molecule has 3 rings (SSSR count). The molecule has 7 heteroatoms. The summed E-state index contributed by atoms with van der Waals surface area (Å²) in [6, 6.07) is 4.41. The number of hydroxylamine groups is 2. The van der Waals surface area contributed by atoms with E-state index in [1.807, 2.05) is 20.8 Å². The number of aryl methyl sites for hydroxylation is 1. The van der Waals surface area contributed by atoms with Crippen molar-refractivity contribution in [1.82, 2.24) is 10.4 Å². The van der Waals surface area contributed by atoms with Crippen LogP contribution in [0.3, 0.4) is 0 Å². The van der Waals surface area contributed by atoms with E-state index in [0.29, 0.717) is 18.8 Å². The number of amides is 1. The maximum atomic E-state index is 13.7. The van der Waals surface area contributed by atoms with Crippen LogP contribution >= 0.6 is 0 Å². The molecule has 0 radical (unpaired) electrons. The van der Waals surface area contributed by atoms with Gasteiger partial charge < -0.3 is 15.1 Å². The van der Waals surface area contributed by atoms with E-state index in [2.05, 4.69) is 5.32 Å². The molecule has 0 aromatic heterocycles. The molecule has 1 aromatic carbocycles. The Morgan fingerprint density at radius 3 is 2.85 bits per heavy atom. The quantitative estimate of drug-likeness (QED) is 0.890. The average Bonchev–Trinajstić information content (AvgIpc) is 2.61. The molecule has 142 valence electrons. The van der Waals surface area contributed by atoms with Crippen LogP contribution in [0.1, 0.15) is 32.3 Å². The largest absolute Gasteiger partial charge is 0.366 e. The zero-order chi connectivity index (χ0) is 18.9. The number of piperazine rings is 1. The van der Waals surface area contributed by atoms with E-state index >= 15 is 0 Å². The van der Waals surface area contributed by atoms with Gasteiger partial charge in [-0.3, -0.25) is 9.59 Å². The van der Waals surface area contributed by atoms with Crippen molar-refractivity contribution in [3.05, 3.63) is 29.6 Å². The number of carbonyl (C=O) groups excluding carboxylic acids is 2. The fraction of sp³-hybridized carbons (Fsp3) is 0.579. The molecule has 26 heavy (non-hydrogen) atoms. The molecule has 0 aliphatic carbocycles. The lowest BCUT2D eigenvalue weighted by Gasteiger charge is -2.45. The summed E-state index contributed by atoms with van der Waals surface area (Å²) in [4.78, 5) is 32.3. The second-order valence-corrected chi connectivity index (χ2v) is 7.71. The van der Waals surface area contributed by atoms with Crippen LogP contribution in [0.5, 0.6) is 0 Å². The maximum absolute atomic E-state index is 13.7. The standard InChI is InChI=1S/C19H26FN3O3/c1-13-6-7-15(20)9-16(13)22-12-19(2,3)23(11-17(22)24)26-18(25)14-5-4-8-21-10-14/h6-7,9,14,21H,4-5,8,10-12H2,1-3H3. The lowest BCUT2D eigenvalue weighted by atomic mass is 9.99. The summed E-state index contributed by atoms with van der Waals surface area (Å²) in [5, 5.41) is 4.66. The molecule has 2 saturated heterocycles. The van der Waals surface area contributed by atoms with Crippen molar-refractivity contribution in [2.75, 3.05) is 31.1 Å². The van der Waals surface area contributed by atoms with Crippen molar-refractivity contribution in [2.24, 2.45) is 5.92 Å². The minimum absolute atomic E-state index is 0.0468. The molecule has 6 nitrogen and oxygen atoms in total.